The first-order valence-electron chi connectivity index (χ1n) is 9.18. The molecular formula is C19H24F3N3O. The van der Waals surface area contributed by atoms with E-state index in [9.17, 15) is 18.3 Å². The van der Waals surface area contributed by atoms with Crippen LogP contribution < -0.4 is 5.32 Å². The summed E-state index contributed by atoms with van der Waals surface area (Å²) < 4.78 is 39.2. The maximum Gasteiger partial charge on any atom is 0.417 e. The van der Waals surface area contributed by atoms with Crippen LogP contribution in [0.3, 0.4) is 0 Å². The number of hydrogen-bond acceptors (Lipinski definition) is 4. The summed E-state index contributed by atoms with van der Waals surface area (Å²) in [6, 6.07) is 5.70. The van der Waals surface area contributed by atoms with Crippen LogP contribution in [0.4, 0.5) is 18.9 Å². The van der Waals surface area contributed by atoms with Gasteiger partial charge in [-0.25, -0.2) is 0 Å². The van der Waals surface area contributed by atoms with Gasteiger partial charge in [0.05, 0.1) is 23.3 Å². The van der Waals surface area contributed by atoms with Crippen molar-refractivity contribution < 1.29 is 18.3 Å². The highest BCUT2D eigenvalue weighted by molar-refractivity contribution is 5.53. The number of nitriles is 1. The Balaban J connectivity index is 1.60. The zero-order valence-electron chi connectivity index (χ0n) is 14.6. The molecule has 142 valence electrons. The van der Waals surface area contributed by atoms with Gasteiger partial charge in [0.15, 0.2) is 0 Å². The normalized spacial score (nSPS) is 25.7. The average Bonchev–Trinajstić information content (AvgIpc) is 2.62. The summed E-state index contributed by atoms with van der Waals surface area (Å²) in [6.07, 6.45) is 0.943. The molecule has 0 bridgehead atoms. The van der Waals surface area contributed by atoms with Gasteiger partial charge in [-0.2, -0.15) is 18.4 Å². The Morgan fingerprint density at radius 3 is 2.42 bits per heavy atom. The van der Waals surface area contributed by atoms with Crippen molar-refractivity contribution in [1.82, 2.24) is 4.90 Å². The fraction of sp³-hybridized carbons (Fsp3) is 0.632. The molecule has 2 fully saturated rings. The van der Waals surface area contributed by atoms with Crippen LogP contribution in [0.25, 0.3) is 0 Å². The van der Waals surface area contributed by atoms with Gasteiger partial charge >= 0.3 is 6.18 Å². The molecule has 1 aliphatic heterocycles. The molecule has 1 heterocycles. The van der Waals surface area contributed by atoms with Gasteiger partial charge in [0.2, 0.25) is 0 Å². The lowest BCUT2D eigenvalue weighted by Gasteiger charge is -2.41. The van der Waals surface area contributed by atoms with Crippen molar-refractivity contribution in [3.05, 3.63) is 29.3 Å². The Morgan fingerprint density at radius 1 is 1.12 bits per heavy atom. The Kier molecular flexibility index (Phi) is 5.73. The molecule has 0 radical (unpaired) electrons. The minimum absolute atomic E-state index is 0.0982. The molecule has 1 saturated heterocycles. The minimum Gasteiger partial charge on any atom is -0.391 e. The first-order chi connectivity index (χ1) is 12.4. The first kappa shape index (κ1) is 19.0. The van der Waals surface area contributed by atoms with Crippen LogP contribution in [-0.4, -0.2) is 41.3 Å². The van der Waals surface area contributed by atoms with Gasteiger partial charge in [-0.1, -0.05) is 12.8 Å². The average molecular weight is 367 g/mol. The summed E-state index contributed by atoms with van der Waals surface area (Å²) in [5, 5.41) is 22.2. The molecule has 1 aliphatic carbocycles. The van der Waals surface area contributed by atoms with Gasteiger partial charge in [-0.15, -0.1) is 0 Å². The number of hydrogen-bond donors (Lipinski definition) is 2. The van der Waals surface area contributed by atoms with Crippen LogP contribution in [0.15, 0.2) is 18.2 Å². The standard InChI is InChI=1S/C19H24F3N3O/c20-19(21,22)16-11-15(6-5-13(16)12-23)24-14-7-9-25(10-8-14)17-3-1-2-4-18(17)26/h5-6,11,14,17-18,24,26H,1-4,7-10H2. The van der Waals surface area contributed by atoms with Crippen molar-refractivity contribution in [3.63, 3.8) is 0 Å². The number of likely N-dealkylation sites (tertiary alicyclic amines) is 1. The molecule has 4 nitrogen and oxygen atoms in total. The molecule has 0 amide bonds. The molecule has 0 aromatic heterocycles. The Labute approximate surface area is 151 Å². The van der Waals surface area contributed by atoms with Crippen molar-refractivity contribution in [2.24, 2.45) is 0 Å². The predicted octanol–water partition coefficient (Wildman–Crippen LogP) is 3.76. The third kappa shape index (κ3) is 4.30. The number of aliphatic hydroxyl groups is 1. The van der Waals surface area contributed by atoms with Crippen molar-refractivity contribution >= 4 is 5.69 Å². The van der Waals surface area contributed by atoms with Crippen LogP contribution in [0.2, 0.25) is 0 Å². The summed E-state index contributed by atoms with van der Waals surface area (Å²) in [7, 11) is 0. The summed E-state index contributed by atoms with van der Waals surface area (Å²) in [4.78, 5) is 2.32. The zero-order chi connectivity index (χ0) is 18.7. The van der Waals surface area contributed by atoms with E-state index in [2.05, 4.69) is 10.2 Å². The molecule has 1 aromatic rings. The van der Waals surface area contributed by atoms with Crippen LogP contribution in [0.1, 0.15) is 49.7 Å². The maximum atomic E-state index is 13.1. The summed E-state index contributed by atoms with van der Waals surface area (Å²) in [5.41, 5.74) is -0.857. The van der Waals surface area contributed by atoms with Gasteiger partial charge in [0.1, 0.15) is 0 Å². The molecule has 0 spiro atoms. The summed E-state index contributed by atoms with van der Waals surface area (Å²) >= 11 is 0. The minimum atomic E-state index is -4.54. The van der Waals surface area contributed by atoms with E-state index in [-0.39, 0.29) is 23.8 Å². The van der Waals surface area contributed by atoms with E-state index in [0.717, 1.165) is 57.7 Å². The predicted molar refractivity (Wildman–Crippen MR) is 92.6 cm³/mol. The van der Waals surface area contributed by atoms with E-state index in [1.54, 1.807) is 6.07 Å². The van der Waals surface area contributed by atoms with Crippen molar-refractivity contribution in [3.8, 4) is 6.07 Å². The molecule has 2 unspecified atom stereocenters. The maximum absolute atomic E-state index is 13.1. The monoisotopic (exact) mass is 367 g/mol. The lowest BCUT2D eigenvalue weighted by molar-refractivity contribution is -0.137. The lowest BCUT2D eigenvalue weighted by Crippen LogP contribution is -2.50. The highest BCUT2D eigenvalue weighted by Gasteiger charge is 2.34. The first-order valence-corrected chi connectivity index (χ1v) is 9.18. The van der Waals surface area contributed by atoms with E-state index >= 15 is 0 Å². The van der Waals surface area contributed by atoms with Gasteiger partial charge in [-0.3, -0.25) is 4.90 Å². The fourth-order valence-corrected chi connectivity index (χ4v) is 4.09. The highest BCUT2D eigenvalue weighted by Crippen LogP contribution is 2.34. The number of nitrogens with zero attached hydrogens (tertiary/aromatic N) is 2. The molecule has 1 aromatic carbocycles. The van der Waals surface area contributed by atoms with Crippen LogP contribution >= 0.6 is 0 Å². The summed E-state index contributed by atoms with van der Waals surface area (Å²) in [6.45, 7) is 1.67. The number of aliphatic hydroxyl groups excluding tert-OH is 1. The largest absolute Gasteiger partial charge is 0.417 e. The number of halogens is 3. The number of nitrogens with one attached hydrogen (secondary N) is 1. The van der Waals surface area contributed by atoms with Crippen LogP contribution in [0.5, 0.6) is 0 Å². The number of benzene rings is 1. The van der Waals surface area contributed by atoms with E-state index in [4.69, 9.17) is 5.26 Å². The Bertz CT molecular complexity index is 663. The molecule has 2 atom stereocenters. The molecule has 7 heteroatoms. The van der Waals surface area contributed by atoms with E-state index in [1.165, 1.54) is 12.1 Å². The molecule has 2 N–H and O–H groups in total. The van der Waals surface area contributed by atoms with E-state index in [1.807, 2.05) is 0 Å². The fourth-order valence-electron chi connectivity index (χ4n) is 4.09. The third-order valence-corrected chi connectivity index (χ3v) is 5.51. The second-order valence-electron chi connectivity index (χ2n) is 7.24. The summed E-state index contributed by atoms with van der Waals surface area (Å²) in [5.74, 6) is 0. The van der Waals surface area contributed by atoms with Crippen molar-refractivity contribution in [2.75, 3.05) is 18.4 Å². The lowest BCUT2D eigenvalue weighted by atomic mass is 9.89. The number of piperidine rings is 1. The molecule has 2 aliphatic rings. The van der Waals surface area contributed by atoms with Gasteiger partial charge in [-0.05, 0) is 43.9 Å². The highest BCUT2D eigenvalue weighted by atomic mass is 19.4. The molecule has 1 saturated carbocycles. The second kappa shape index (κ2) is 7.85. The van der Waals surface area contributed by atoms with E-state index in [0.29, 0.717) is 5.69 Å². The van der Waals surface area contributed by atoms with Crippen LogP contribution in [-0.2, 0) is 6.18 Å². The topological polar surface area (TPSA) is 59.3 Å². The van der Waals surface area contributed by atoms with Gasteiger partial charge < -0.3 is 10.4 Å². The SMILES string of the molecule is N#Cc1ccc(NC2CCN(C3CCCCC3O)CC2)cc1C(F)(F)F. The van der Waals surface area contributed by atoms with E-state index < -0.39 is 11.7 Å². The van der Waals surface area contributed by atoms with Crippen molar-refractivity contribution in [2.45, 2.75) is 62.9 Å². The number of rotatable bonds is 3. The number of alkyl halides is 3. The van der Waals surface area contributed by atoms with Crippen LogP contribution in [0, 0.1) is 11.3 Å². The van der Waals surface area contributed by atoms with Gasteiger partial charge in [0, 0.05) is 30.9 Å². The Hall–Kier alpha value is -1.78. The zero-order valence-corrected chi connectivity index (χ0v) is 14.6. The third-order valence-electron chi connectivity index (χ3n) is 5.51. The smallest absolute Gasteiger partial charge is 0.391 e. The second-order valence-corrected chi connectivity index (χ2v) is 7.24. The van der Waals surface area contributed by atoms with Crippen molar-refractivity contribution in [1.29, 1.82) is 5.26 Å². The molecule has 3 rings (SSSR count). The quantitative estimate of drug-likeness (QED) is 0.854. The Morgan fingerprint density at radius 2 is 1.81 bits per heavy atom. The van der Waals surface area contributed by atoms with Gasteiger partial charge in [0.25, 0.3) is 0 Å². The molecular weight excluding hydrogens is 343 g/mol. The number of anilines is 1. The molecule has 26 heavy (non-hydrogen) atoms.